The smallest absolute Gasteiger partial charge is 0.316 e. The normalized spacial score (nSPS) is 11.6. The summed E-state index contributed by atoms with van der Waals surface area (Å²) in [6.07, 6.45) is 0. The number of thioether (sulfide) groups is 1. The number of aromatic nitrogens is 1. The number of nitrogens with one attached hydrogen (secondary N) is 1. The second kappa shape index (κ2) is 10.6. The molecule has 30 heavy (non-hydrogen) atoms. The van der Waals surface area contributed by atoms with Crippen molar-refractivity contribution in [1.82, 2.24) is 10.3 Å². The Morgan fingerprint density at radius 2 is 1.80 bits per heavy atom. The van der Waals surface area contributed by atoms with Crippen LogP contribution in [0.25, 0.3) is 0 Å². The number of nitrogens with zero attached hydrogens (tertiary/aromatic N) is 1. The molecule has 9 heteroatoms. The van der Waals surface area contributed by atoms with Crippen LogP contribution in [-0.4, -0.2) is 35.1 Å². The molecule has 0 spiro atoms. The molecule has 2 rings (SSSR count). The number of pyridine rings is 1. The first-order chi connectivity index (χ1) is 14.1. The highest BCUT2D eigenvalue weighted by atomic mass is 79.9. The van der Waals surface area contributed by atoms with Gasteiger partial charge in [-0.1, -0.05) is 39.8 Å². The predicted molar refractivity (Wildman–Crippen MR) is 119 cm³/mol. The van der Waals surface area contributed by atoms with Crippen LogP contribution in [0.15, 0.2) is 33.8 Å². The van der Waals surface area contributed by atoms with E-state index in [2.05, 4.69) is 26.2 Å². The average molecular weight is 494 g/mol. The van der Waals surface area contributed by atoms with Gasteiger partial charge in [-0.3, -0.25) is 14.4 Å². The number of ether oxygens (including phenoxy) is 1. The molecule has 1 aromatic carbocycles. The number of esters is 1. The molecule has 7 nitrogen and oxygen atoms in total. The third-order valence-corrected chi connectivity index (χ3v) is 6.13. The van der Waals surface area contributed by atoms with Gasteiger partial charge in [-0.05, 0) is 56.5 Å². The van der Waals surface area contributed by atoms with Crippen LogP contribution < -0.4 is 11.1 Å². The van der Waals surface area contributed by atoms with E-state index in [4.69, 9.17) is 10.5 Å². The van der Waals surface area contributed by atoms with Gasteiger partial charge in [0.05, 0.1) is 17.4 Å². The maximum Gasteiger partial charge on any atom is 0.316 e. The summed E-state index contributed by atoms with van der Waals surface area (Å²) in [7, 11) is 0. The zero-order valence-corrected chi connectivity index (χ0v) is 19.6. The van der Waals surface area contributed by atoms with E-state index in [-0.39, 0.29) is 18.4 Å². The molecule has 160 valence electrons. The Balaban J connectivity index is 1.89. The molecule has 3 N–H and O–H groups in total. The van der Waals surface area contributed by atoms with E-state index in [1.165, 1.54) is 0 Å². The number of rotatable bonds is 8. The first-order valence-electron chi connectivity index (χ1n) is 9.21. The molecule has 1 heterocycles. The van der Waals surface area contributed by atoms with Crippen molar-refractivity contribution >= 4 is 45.5 Å². The quantitative estimate of drug-likeness (QED) is 0.430. The maximum atomic E-state index is 12.1. The largest absolute Gasteiger partial charge is 0.455 e. The Bertz CT molecular complexity index is 964. The number of carbonyl (C=O) groups is 3. The first-order valence-corrected chi connectivity index (χ1v) is 11.0. The van der Waals surface area contributed by atoms with Gasteiger partial charge in [-0.25, -0.2) is 4.98 Å². The fourth-order valence-corrected chi connectivity index (χ4v) is 3.94. The topological polar surface area (TPSA) is 111 Å². The second-order valence-electron chi connectivity index (χ2n) is 6.78. The van der Waals surface area contributed by atoms with Crippen molar-refractivity contribution in [3.63, 3.8) is 0 Å². The van der Waals surface area contributed by atoms with Crippen LogP contribution in [0.2, 0.25) is 0 Å². The van der Waals surface area contributed by atoms with Crippen LogP contribution in [0.1, 0.15) is 45.7 Å². The van der Waals surface area contributed by atoms with E-state index >= 15 is 0 Å². The van der Waals surface area contributed by atoms with Gasteiger partial charge >= 0.3 is 5.97 Å². The van der Waals surface area contributed by atoms with Crippen molar-refractivity contribution in [3.8, 4) is 0 Å². The third-order valence-electron chi connectivity index (χ3n) is 4.65. The molecule has 0 aliphatic rings. The van der Waals surface area contributed by atoms with E-state index < -0.39 is 17.8 Å². The summed E-state index contributed by atoms with van der Waals surface area (Å²) in [4.78, 5) is 40.3. The standard InChI is InChI=1S/C21H24BrN3O4S/c1-11-12(2)19(20(23)28)21(25-13(11)3)30-10-18(27)29-9-17(26)24-14(4)15-5-7-16(22)8-6-15/h5-8,14H,9-10H2,1-4H3,(H2,23,28)(H,24,26)/t14-/m1/s1. The van der Waals surface area contributed by atoms with Crippen LogP contribution in [0.4, 0.5) is 0 Å². The molecule has 0 fully saturated rings. The van der Waals surface area contributed by atoms with Crippen LogP contribution in [0.5, 0.6) is 0 Å². The SMILES string of the molecule is Cc1nc(SCC(=O)OCC(=O)N[C@H](C)c2ccc(Br)cc2)c(C(N)=O)c(C)c1C. The Hall–Kier alpha value is -2.39. The monoisotopic (exact) mass is 493 g/mol. The molecular weight excluding hydrogens is 470 g/mol. The lowest BCUT2D eigenvalue weighted by atomic mass is 10.0. The van der Waals surface area contributed by atoms with Crippen LogP contribution in [0, 0.1) is 20.8 Å². The fraction of sp³-hybridized carbons (Fsp3) is 0.333. The summed E-state index contributed by atoms with van der Waals surface area (Å²) in [6, 6.07) is 7.34. The average Bonchev–Trinajstić information content (AvgIpc) is 2.68. The Morgan fingerprint density at radius 1 is 1.17 bits per heavy atom. The molecule has 0 saturated carbocycles. The number of benzene rings is 1. The van der Waals surface area contributed by atoms with Crippen molar-refractivity contribution in [1.29, 1.82) is 0 Å². The number of nitrogens with two attached hydrogens (primary N) is 1. The van der Waals surface area contributed by atoms with Crippen molar-refractivity contribution in [3.05, 3.63) is 56.7 Å². The van der Waals surface area contributed by atoms with Gasteiger partial charge in [0.1, 0.15) is 5.03 Å². The number of aryl methyl sites for hydroxylation is 1. The Kier molecular flexibility index (Phi) is 8.43. The maximum absolute atomic E-state index is 12.1. The van der Waals surface area contributed by atoms with Crippen LogP contribution in [-0.2, 0) is 14.3 Å². The minimum Gasteiger partial charge on any atom is -0.455 e. The predicted octanol–water partition coefficient (Wildman–Crippen LogP) is 3.38. The summed E-state index contributed by atoms with van der Waals surface area (Å²) < 4.78 is 5.99. The zero-order valence-electron chi connectivity index (χ0n) is 17.2. The highest BCUT2D eigenvalue weighted by Crippen LogP contribution is 2.26. The minimum absolute atomic E-state index is 0.0925. The van der Waals surface area contributed by atoms with Gasteiger partial charge in [-0.2, -0.15) is 0 Å². The zero-order chi connectivity index (χ0) is 22.4. The van der Waals surface area contributed by atoms with E-state index in [1.54, 1.807) is 6.92 Å². The molecule has 1 aromatic heterocycles. The number of hydrogen-bond acceptors (Lipinski definition) is 6. The highest BCUT2D eigenvalue weighted by molar-refractivity contribution is 9.10. The summed E-state index contributed by atoms with van der Waals surface area (Å²) in [5.74, 6) is -1.67. The molecule has 0 bridgehead atoms. The molecule has 2 amide bonds. The first kappa shape index (κ1) is 23.9. The summed E-state index contributed by atoms with van der Waals surface area (Å²) in [6.45, 7) is 6.94. The summed E-state index contributed by atoms with van der Waals surface area (Å²) in [5, 5.41) is 3.16. The number of halogens is 1. The van der Waals surface area contributed by atoms with Crippen molar-refractivity contribution in [2.24, 2.45) is 5.73 Å². The second-order valence-corrected chi connectivity index (χ2v) is 8.66. The van der Waals surface area contributed by atoms with Gasteiger partial charge in [0.25, 0.3) is 11.8 Å². The van der Waals surface area contributed by atoms with Gasteiger partial charge < -0.3 is 15.8 Å². The molecule has 2 aromatic rings. The fourth-order valence-electron chi connectivity index (χ4n) is 2.74. The van der Waals surface area contributed by atoms with Gasteiger partial charge in [0.15, 0.2) is 6.61 Å². The van der Waals surface area contributed by atoms with Gasteiger partial charge in [0, 0.05) is 10.2 Å². The molecular formula is C21H24BrN3O4S. The molecule has 1 atom stereocenters. The lowest BCUT2D eigenvalue weighted by molar-refractivity contribution is -0.146. The summed E-state index contributed by atoms with van der Waals surface area (Å²) >= 11 is 4.43. The Labute approximate surface area is 188 Å². The Morgan fingerprint density at radius 3 is 2.40 bits per heavy atom. The lowest BCUT2D eigenvalue weighted by Gasteiger charge is -2.15. The number of amides is 2. The van der Waals surface area contributed by atoms with Gasteiger partial charge in [-0.15, -0.1) is 0 Å². The molecule has 0 radical (unpaired) electrons. The van der Waals surface area contributed by atoms with Crippen molar-refractivity contribution in [2.75, 3.05) is 12.4 Å². The van der Waals surface area contributed by atoms with E-state index in [1.807, 2.05) is 45.0 Å². The van der Waals surface area contributed by atoms with Crippen LogP contribution >= 0.6 is 27.7 Å². The van der Waals surface area contributed by atoms with E-state index in [0.29, 0.717) is 10.6 Å². The van der Waals surface area contributed by atoms with E-state index in [0.717, 1.165) is 38.6 Å². The number of hydrogen-bond donors (Lipinski definition) is 2. The highest BCUT2D eigenvalue weighted by Gasteiger charge is 2.19. The number of primary amides is 1. The third kappa shape index (κ3) is 6.30. The van der Waals surface area contributed by atoms with Crippen molar-refractivity contribution < 1.29 is 19.1 Å². The van der Waals surface area contributed by atoms with Crippen LogP contribution in [0.3, 0.4) is 0 Å². The van der Waals surface area contributed by atoms with E-state index in [9.17, 15) is 14.4 Å². The summed E-state index contributed by atoms with van der Waals surface area (Å²) in [5.41, 5.74) is 9.10. The lowest BCUT2D eigenvalue weighted by Crippen LogP contribution is -2.31. The molecule has 0 saturated heterocycles. The van der Waals surface area contributed by atoms with Crippen molar-refractivity contribution in [2.45, 2.75) is 38.8 Å². The molecule has 0 aliphatic heterocycles. The number of carbonyl (C=O) groups excluding carboxylic acids is 3. The molecule has 0 aliphatic carbocycles. The minimum atomic E-state index is -0.597. The van der Waals surface area contributed by atoms with Gasteiger partial charge in [0.2, 0.25) is 0 Å². The molecule has 0 unspecified atom stereocenters.